The van der Waals surface area contributed by atoms with Gasteiger partial charge in [0.2, 0.25) is 0 Å². The Kier molecular flexibility index (Phi) is 4.13. The standard InChI is InChI=1S/C16H14Br2FN/c17-12-3-1-2-10(6-12)11-7-14(8-11)20-13-4-5-15(18)16(19)9-13/h1-6,9,11,14,20H,7-8H2. The monoisotopic (exact) mass is 397 g/mol. The van der Waals surface area contributed by atoms with Crippen LogP contribution in [0.2, 0.25) is 0 Å². The molecule has 1 fully saturated rings. The Morgan fingerprint density at radius 3 is 2.55 bits per heavy atom. The average molecular weight is 399 g/mol. The van der Waals surface area contributed by atoms with Crippen molar-refractivity contribution in [3.63, 3.8) is 0 Å². The van der Waals surface area contributed by atoms with Gasteiger partial charge in [-0.3, -0.25) is 0 Å². The Balaban J connectivity index is 1.59. The summed E-state index contributed by atoms with van der Waals surface area (Å²) in [5.41, 5.74) is 2.22. The summed E-state index contributed by atoms with van der Waals surface area (Å²) < 4.78 is 15.1. The van der Waals surface area contributed by atoms with Crippen LogP contribution < -0.4 is 5.32 Å². The molecule has 0 heterocycles. The quantitative estimate of drug-likeness (QED) is 0.698. The van der Waals surface area contributed by atoms with Gasteiger partial charge >= 0.3 is 0 Å². The maximum Gasteiger partial charge on any atom is 0.139 e. The zero-order valence-electron chi connectivity index (χ0n) is 10.7. The molecule has 1 N–H and O–H groups in total. The molecular formula is C16H14Br2FN. The summed E-state index contributed by atoms with van der Waals surface area (Å²) in [7, 11) is 0. The van der Waals surface area contributed by atoms with Gasteiger partial charge in [0.05, 0.1) is 4.47 Å². The van der Waals surface area contributed by atoms with Gasteiger partial charge in [0.1, 0.15) is 5.82 Å². The minimum atomic E-state index is -0.224. The van der Waals surface area contributed by atoms with Crippen LogP contribution in [0.5, 0.6) is 0 Å². The van der Waals surface area contributed by atoms with Gasteiger partial charge in [-0.1, -0.05) is 28.1 Å². The lowest BCUT2D eigenvalue weighted by molar-refractivity contribution is 0.374. The van der Waals surface area contributed by atoms with Crippen molar-refractivity contribution in [1.29, 1.82) is 0 Å². The zero-order valence-corrected chi connectivity index (χ0v) is 13.9. The van der Waals surface area contributed by atoms with Gasteiger partial charge in [0.25, 0.3) is 0 Å². The maximum atomic E-state index is 13.4. The molecule has 0 aliphatic heterocycles. The fraction of sp³-hybridized carbons (Fsp3) is 0.250. The summed E-state index contributed by atoms with van der Waals surface area (Å²) in [5.74, 6) is 0.378. The Morgan fingerprint density at radius 1 is 1.05 bits per heavy atom. The van der Waals surface area contributed by atoms with Gasteiger partial charge in [-0.2, -0.15) is 0 Å². The van der Waals surface area contributed by atoms with Crippen LogP contribution in [0.3, 0.4) is 0 Å². The minimum Gasteiger partial charge on any atom is -0.382 e. The summed E-state index contributed by atoms with van der Waals surface area (Å²) in [6.07, 6.45) is 2.18. The fourth-order valence-electron chi connectivity index (χ4n) is 2.59. The topological polar surface area (TPSA) is 12.0 Å². The van der Waals surface area contributed by atoms with Crippen molar-refractivity contribution in [3.8, 4) is 0 Å². The third kappa shape index (κ3) is 3.07. The van der Waals surface area contributed by atoms with Crippen molar-refractivity contribution >= 4 is 37.5 Å². The van der Waals surface area contributed by atoms with Crippen molar-refractivity contribution in [2.45, 2.75) is 24.8 Å². The van der Waals surface area contributed by atoms with E-state index in [0.717, 1.165) is 23.0 Å². The third-order valence-corrected chi connectivity index (χ3v) is 4.88. The maximum absolute atomic E-state index is 13.4. The van der Waals surface area contributed by atoms with Crippen LogP contribution >= 0.6 is 31.9 Å². The average Bonchev–Trinajstić information content (AvgIpc) is 2.37. The molecule has 0 amide bonds. The van der Waals surface area contributed by atoms with E-state index in [1.54, 1.807) is 6.07 Å². The molecule has 2 aromatic carbocycles. The Labute approximate surface area is 134 Å². The number of benzene rings is 2. The van der Waals surface area contributed by atoms with Crippen LogP contribution in [-0.2, 0) is 0 Å². The van der Waals surface area contributed by atoms with Gasteiger partial charge < -0.3 is 5.32 Å². The number of rotatable bonds is 3. The lowest BCUT2D eigenvalue weighted by Gasteiger charge is -2.37. The zero-order chi connectivity index (χ0) is 14.1. The number of hydrogen-bond acceptors (Lipinski definition) is 1. The molecule has 0 aromatic heterocycles. The van der Waals surface area contributed by atoms with Crippen LogP contribution in [-0.4, -0.2) is 6.04 Å². The van der Waals surface area contributed by atoms with Crippen LogP contribution in [0.15, 0.2) is 51.4 Å². The summed E-state index contributed by atoms with van der Waals surface area (Å²) in [5, 5.41) is 3.39. The van der Waals surface area contributed by atoms with Gasteiger partial charge in [-0.25, -0.2) is 4.39 Å². The SMILES string of the molecule is Fc1cc(NC2CC(c3cccc(Br)c3)C2)ccc1Br. The Hall–Kier alpha value is -0.870. The largest absolute Gasteiger partial charge is 0.382 e. The summed E-state index contributed by atoms with van der Waals surface area (Å²) >= 11 is 6.67. The number of anilines is 1. The first-order valence-electron chi connectivity index (χ1n) is 6.59. The third-order valence-electron chi connectivity index (χ3n) is 3.75. The van der Waals surface area contributed by atoms with E-state index in [4.69, 9.17) is 0 Å². The smallest absolute Gasteiger partial charge is 0.139 e. The van der Waals surface area contributed by atoms with E-state index in [0.29, 0.717) is 16.4 Å². The van der Waals surface area contributed by atoms with Crippen molar-refractivity contribution < 1.29 is 4.39 Å². The molecule has 1 nitrogen and oxygen atoms in total. The summed E-state index contributed by atoms with van der Waals surface area (Å²) in [4.78, 5) is 0. The molecule has 0 spiro atoms. The van der Waals surface area contributed by atoms with E-state index >= 15 is 0 Å². The van der Waals surface area contributed by atoms with Crippen LogP contribution in [0.25, 0.3) is 0 Å². The van der Waals surface area contributed by atoms with Gasteiger partial charge in [0, 0.05) is 16.2 Å². The molecule has 0 radical (unpaired) electrons. The van der Waals surface area contributed by atoms with Crippen molar-refractivity contribution in [3.05, 3.63) is 62.8 Å². The first-order chi connectivity index (χ1) is 9.61. The van der Waals surface area contributed by atoms with Gasteiger partial charge in [-0.05, 0) is 70.6 Å². The highest BCUT2D eigenvalue weighted by Crippen LogP contribution is 2.39. The summed E-state index contributed by atoms with van der Waals surface area (Å²) in [6.45, 7) is 0. The first-order valence-corrected chi connectivity index (χ1v) is 8.17. The van der Waals surface area contributed by atoms with E-state index in [2.05, 4.69) is 55.4 Å². The number of halogens is 3. The van der Waals surface area contributed by atoms with E-state index < -0.39 is 0 Å². The van der Waals surface area contributed by atoms with Gasteiger partial charge in [0.15, 0.2) is 0 Å². The molecule has 1 aliphatic carbocycles. The lowest BCUT2D eigenvalue weighted by atomic mass is 9.76. The lowest BCUT2D eigenvalue weighted by Crippen LogP contribution is -2.34. The highest BCUT2D eigenvalue weighted by atomic mass is 79.9. The van der Waals surface area contributed by atoms with E-state index in [1.165, 1.54) is 11.6 Å². The predicted octanol–water partition coefficient (Wildman–Crippen LogP) is 5.71. The normalized spacial score (nSPS) is 21.4. The molecule has 4 heteroatoms. The molecule has 1 saturated carbocycles. The van der Waals surface area contributed by atoms with Crippen LogP contribution in [0, 0.1) is 5.82 Å². The van der Waals surface area contributed by atoms with Crippen LogP contribution in [0.4, 0.5) is 10.1 Å². The second-order valence-electron chi connectivity index (χ2n) is 5.19. The van der Waals surface area contributed by atoms with Gasteiger partial charge in [-0.15, -0.1) is 0 Å². The molecule has 3 rings (SSSR count). The van der Waals surface area contributed by atoms with E-state index in [9.17, 15) is 4.39 Å². The summed E-state index contributed by atoms with van der Waals surface area (Å²) in [6, 6.07) is 14.1. The number of hydrogen-bond donors (Lipinski definition) is 1. The molecule has 1 aliphatic rings. The fourth-order valence-corrected chi connectivity index (χ4v) is 3.25. The van der Waals surface area contributed by atoms with E-state index in [1.807, 2.05) is 12.1 Å². The second-order valence-corrected chi connectivity index (χ2v) is 6.96. The predicted molar refractivity (Wildman–Crippen MR) is 87.6 cm³/mol. The van der Waals surface area contributed by atoms with Crippen molar-refractivity contribution in [1.82, 2.24) is 0 Å². The Bertz CT molecular complexity index is 624. The molecular weight excluding hydrogens is 385 g/mol. The molecule has 0 unspecified atom stereocenters. The highest BCUT2D eigenvalue weighted by molar-refractivity contribution is 9.10. The Morgan fingerprint density at radius 2 is 1.85 bits per heavy atom. The first kappa shape index (κ1) is 14.1. The molecule has 20 heavy (non-hydrogen) atoms. The minimum absolute atomic E-state index is 0.224. The highest BCUT2D eigenvalue weighted by Gasteiger charge is 2.30. The second kappa shape index (κ2) is 5.86. The van der Waals surface area contributed by atoms with Crippen LogP contribution in [0.1, 0.15) is 24.3 Å². The molecule has 104 valence electrons. The van der Waals surface area contributed by atoms with Crippen molar-refractivity contribution in [2.24, 2.45) is 0 Å². The molecule has 2 aromatic rings. The molecule has 0 bridgehead atoms. The number of nitrogens with one attached hydrogen (secondary N) is 1. The molecule has 0 atom stereocenters. The van der Waals surface area contributed by atoms with E-state index in [-0.39, 0.29) is 5.82 Å². The van der Waals surface area contributed by atoms with Crippen molar-refractivity contribution in [2.75, 3.05) is 5.32 Å². The molecule has 0 saturated heterocycles.